The fourth-order valence-corrected chi connectivity index (χ4v) is 3.53. The van der Waals surface area contributed by atoms with E-state index in [0.29, 0.717) is 11.5 Å². The number of fused-ring (bicyclic) bond motifs is 1. The van der Waals surface area contributed by atoms with Crippen LogP contribution in [-0.4, -0.2) is 89.0 Å². The average Bonchev–Trinajstić information content (AvgIpc) is 3.36. The standard InChI is InChI=1S/C22H29N9O/c1-28(2)11-13-30(14-12-29(3)4)16-5-7-17(8-6-16)31-19-9-10-24-15-18(19)25-22(31)20-21(23)27-32-26-20/h5-10,15H,11-14H2,1-4H3,(H2,23,27). The van der Waals surface area contributed by atoms with Gasteiger partial charge in [0.25, 0.3) is 0 Å². The first kappa shape index (κ1) is 21.7. The fourth-order valence-electron chi connectivity index (χ4n) is 3.53. The highest BCUT2D eigenvalue weighted by Crippen LogP contribution is 2.30. The Hall–Kier alpha value is -3.50. The first-order chi connectivity index (χ1) is 15.4. The quantitative estimate of drug-likeness (QED) is 0.422. The molecule has 32 heavy (non-hydrogen) atoms. The molecule has 0 spiro atoms. The Labute approximate surface area is 187 Å². The second-order valence-corrected chi connectivity index (χ2v) is 8.24. The lowest BCUT2D eigenvalue weighted by atomic mass is 10.2. The van der Waals surface area contributed by atoms with Gasteiger partial charge in [-0.1, -0.05) is 0 Å². The molecule has 10 heteroatoms. The molecule has 0 atom stereocenters. The SMILES string of the molecule is CN(C)CCN(CCN(C)C)c1ccc(-n2c(-c3nonc3N)nc3cnccc32)cc1. The molecular weight excluding hydrogens is 406 g/mol. The van der Waals surface area contributed by atoms with Crippen LogP contribution in [0.1, 0.15) is 0 Å². The van der Waals surface area contributed by atoms with Gasteiger partial charge in [0.1, 0.15) is 5.52 Å². The summed E-state index contributed by atoms with van der Waals surface area (Å²) in [6, 6.07) is 10.4. The Morgan fingerprint density at radius 2 is 1.59 bits per heavy atom. The van der Waals surface area contributed by atoms with Gasteiger partial charge in [0.15, 0.2) is 17.3 Å². The van der Waals surface area contributed by atoms with Gasteiger partial charge < -0.3 is 20.4 Å². The predicted octanol–water partition coefficient (Wildman–Crippen LogP) is 1.98. The zero-order valence-corrected chi connectivity index (χ0v) is 18.9. The summed E-state index contributed by atoms with van der Waals surface area (Å²) in [5, 5.41) is 7.68. The fraction of sp³-hybridized carbons (Fsp3) is 0.364. The zero-order chi connectivity index (χ0) is 22.7. The van der Waals surface area contributed by atoms with E-state index in [9.17, 15) is 0 Å². The Morgan fingerprint density at radius 1 is 0.906 bits per heavy atom. The van der Waals surface area contributed by atoms with Gasteiger partial charge in [-0.3, -0.25) is 9.55 Å². The van der Waals surface area contributed by atoms with Crippen LogP contribution in [0.25, 0.3) is 28.2 Å². The maximum Gasteiger partial charge on any atom is 0.199 e. The Bertz CT molecular complexity index is 1150. The van der Waals surface area contributed by atoms with Gasteiger partial charge in [-0.05, 0) is 68.8 Å². The minimum absolute atomic E-state index is 0.199. The van der Waals surface area contributed by atoms with E-state index in [1.165, 1.54) is 5.69 Å². The number of hydrogen-bond donors (Lipinski definition) is 1. The number of benzene rings is 1. The molecule has 0 saturated heterocycles. The molecule has 3 aromatic heterocycles. The number of nitrogen functional groups attached to an aromatic ring is 1. The van der Waals surface area contributed by atoms with Crippen LogP contribution in [0.4, 0.5) is 11.5 Å². The van der Waals surface area contributed by atoms with Crippen molar-refractivity contribution in [1.29, 1.82) is 0 Å². The molecule has 10 nitrogen and oxygen atoms in total. The molecule has 1 aromatic carbocycles. The summed E-state index contributed by atoms with van der Waals surface area (Å²) >= 11 is 0. The van der Waals surface area contributed by atoms with E-state index in [0.717, 1.165) is 42.9 Å². The molecule has 0 aliphatic rings. The first-order valence-electron chi connectivity index (χ1n) is 10.5. The number of aromatic nitrogens is 5. The molecule has 0 radical (unpaired) electrons. The first-order valence-corrected chi connectivity index (χ1v) is 10.5. The Kier molecular flexibility index (Phi) is 6.33. The summed E-state index contributed by atoms with van der Waals surface area (Å²) in [6.45, 7) is 3.87. The number of pyridine rings is 1. The second-order valence-electron chi connectivity index (χ2n) is 8.24. The lowest BCUT2D eigenvalue weighted by molar-refractivity contribution is 0.310. The number of hydrogen-bond acceptors (Lipinski definition) is 9. The van der Waals surface area contributed by atoms with Crippen LogP contribution in [0.5, 0.6) is 0 Å². The summed E-state index contributed by atoms with van der Waals surface area (Å²) in [6.07, 6.45) is 3.46. The van der Waals surface area contributed by atoms with E-state index in [1.54, 1.807) is 12.4 Å². The molecule has 168 valence electrons. The van der Waals surface area contributed by atoms with E-state index in [-0.39, 0.29) is 5.82 Å². The molecule has 0 bridgehead atoms. The van der Waals surface area contributed by atoms with Crippen molar-refractivity contribution < 1.29 is 4.63 Å². The van der Waals surface area contributed by atoms with Gasteiger partial charge in [-0.25, -0.2) is 9.61 Å². The molecule has 0 saturated carbocycles. The van der Waals surface area contributed by atoms with Crippen LogP contribution in [0.3, 0.4) is 0 Å². The topological polar surface area (TPSA) is 105 Å². The number of nitrogens with zero attached hydrogens (tertiary/aromatic N) is 8. The molecule has 0 amide bonds. The van der Waals surface area contributed by atoms with E-state index in [2.05, 4.69) is 87.4 Å². The molecule has 2 N–H and O–H groups in total. The molecule has 4 aromatic rings. The molecule has 0 unspecified atom stereocenters. The summed E-state index contributed by atoms with van der Waals surface area (Å²) in [5.41, 5.74) is 10.1. The largest absolute Gasteiger partial charge is 0.379 e. The number of nitrogens with two attached hydrogens (primary N) is 1. The molecule has 0 aliphatic heterocycles. The summed E-state index contributed by atoms with van der Waals surface area (Å²) in [5.74, 6) is 0.765. The van der Waals surface area contributed by atoms with Gasteiger partial charge in [-0.2, -0.15) is 0 Å². The number of likely N-dealkylation sites (N-methyl/N-ethyl adjacent to an activating group) is 2. The Morgan fingerprint density at radius 3 is 2.19 bits per heavy atom. The van der Waals surface area contributed by atoms with Crippen molar-refractivity contribution in [3.05, 3.63) is 42.7 Å². The summed E-state index contributed by atoms with van der Waals surface area (Å²) < 4.78 is 6.82. The molecule has 0 aliphatic carbocycles. The Balaban J connectivity index is 1.71. The normalized spacial score (nSPS) is 11.7. The molecule has 4 rings (SSSR count). The van der Waals surface area contributed by atoms with Crippen LogP contribution in [0.2, 0.25) is 0 Å². The van der Waals surface area contributed by atoms with Gasteiger partial charge in [0, 0.05) is 43.8 Å². The molecule has 0 fully saturated rings. The third-order valence-corrected chi connectivity index (χ3v) is 5.29. The molecular formula is C22H29N9O. The summed E-state index contributed by atoms with van der Waals surface area (Å²) in [7, 11) is 8.38. The third-order valence-electron chi connectivity index (χ3n) is 5.29. The predicted molar refractivity (Wildman–Crippen MR) is 126 cm³/mol. The lowest BCUT2D eigenvalue weighted by Crippen LogP contribution is -2.36. The maximum absolute atomic E-state index is 5.97. The highest BCUT2D eigenvalue weighted by molar-refractivity contribution is 5.83. The van der Waals surface area contributed by atoms with Crippen LogP contribution < -0.4 is 10.6 Å². The average molecular weight is 436 g/mol. The minimum atomic E-state index is 0.199. The molecule has 3 heterocycles. The minimum Gasteiger partial charge on any atom is -0.379 e. The van der Waals surface area contributed by atoms with Gasteiger partial charge >= 0.3 is 0 Å². The van der Waals surface area contributed by atoms with Gasteiger partial charge in [-0.15, -0.1) is 0 Å². The number of imidazole rings is 1. The van der Waals surface area contributed by atoms with Crippen LogP contribution in [0.15, 0.2) is 47.4 Å². The van der Waals surface area contributed by atoms with Crippen molar-refractivity contribution >= 4 is 22.5 Å². The van der Waals surface area contributed by atoms with Crippen molar-refractivity contribution in [2.24, 2.45) is 0 Å². The van der Waals surface area contributed by atoms with Gasteiger partial charge in [0.05, 0.1) is 11.7 Å². The van der Waals surface area contributed by atoms with E-state index in [4.69, 9.17) is 10.4 Å². The smallest absolute Gasteiger partial charge is 0.199 e. The van der Waals surface area contributed by atoms with Crippen molar-refractivity contribution in [1.82, 2.24) is 34.6 Å². The maximum atomic E-state index is 5.97. The van der Waals surface area contributed by atoms with Crippen LogP contribution >= 0.6 is 0 Å². The lowest BCUT2D eigenvalue weighted by Gasteiger charge is -2.28. The number of anilines is 2. The van der Waals surface area contributed by atoms with Crippen molar-refractivity contribution in [3.8, 4) is 17.2 Å². The van der Waals surface area contributed by atoms with E-state index in [1.807, 2.05) is 10.6 Å². The van der Waals surface area contributed by atoms with Crippen molar-refractivity contribution in [2.45, 2.75) is 0 Å². The van der Waals surface area contributed by atoms with Crippen LogP contribution in [0, 0.1) is 0 Å². The highest BCUT2D eigenvalue weighted by Gasteiger charge is 2.20. The zero-order valence-electron chi connectivity index (χ0n) is 18.9. The highest BCUT2D eigenvalue weighted by atomic mass is 16.6. The van der Waals surface area contributed by atoms with Crippen molar-refractivity contribution in [3.63, 3.8) is 0 Å². The van der Waals surface area contributed by atoms with E-state index >= 15 is 0 Å². The van der Waals surface area contributed by atoms with Gasteiger partial charge in [0.2, 0.25) is 0 Å². The monoisotopic (exact) mass is 435 g/mol. The number of rotatable bonds is 9. The third kappa shape index (κ3) is 4.56. The van der Waals surface area contributed by atoms with E-state index < -0.39 is 0 Å². The second kappa shape index (κ2) is 9.33. The van der Waals surface area contributed by atoms with Crippen LogP contribution in [-0.2, 0) is 0 Å². The summed E-state index contributed by atoms with van der Waals surface area (Å²) in [4.78, 5) is 15.7. The van der Waals surface area contributed by atoms with Crippen molar-refractivity contribution in [2.75, 3.05) is 65.0 Å².